The number of carbonyl (C=O) groups excluding carboxylic acids is 1. The van der Waals surface area contributed by atoms with Crippen molar-refractivity contribution >= 4 is 5.91 Å². The summed E-state index contributed by atoms with van der Waals surface area (Å²) in [6.07, 6.45) is 4.14. The number of benzene rings is 1. The summed E-state index contributed by atoms with van der Waals surface area (Å²) in [5.41, 5.74) is 8.02. The molecule has 0 aromatic heterocycles. The lowest BCUT2D eigenvalue weighted by Crippen LogP contribution is -2.16. The highest BCUT2D eigenvalue weighted by Gasteiger charge is 2.33. The van der Waals surface area contributed by atoms with Crippen LogP contribution in [-0.4, -0.2) is 5.91 Å². The molecule has 18 heavy (non-hydrogen) atoms. The molecule has 2 nitrogen and oxygen atoms in total. The molecule has 0 heterocycles. The van der Waals surface area contributed by atoms with E-state index in [1.165, 1.54) is 24.0 Å². The van der Waals surface area contributed by atoms with E-state index >= 15 is 0 Å². The van der Waals surface area contributed by atoms with Crippen LogP contribution >= 0.6 is 0 Å². The minimum Gasteiger partial charge on any atom is -0.370 e. The lowest BCUT2D eigenvalue weighted by molar-refractivity contribution is -0.118. The molecule has 1 saturated carbocycles. The third kappa shape index (κ3) is 3.12. The first-order chi connectivity index (χ1) is 8.61. The van der Waals surface area contributed by atoms with Crippen LogP contribution in [0.15, 0.2) is 24.3 Å². The second kappa shape index (κ2) is 5.55. The van der Waals surface area contributed by atoms with Gasteiger partial charge in [-0.3, -0.25) is 4.79 Å². The van der Waals surface area contributed by atoms with Crippen LogP contribution in [0.3, 0.4) is 0 Å². The summed E-state index contributed by atoms with van der Waals surface area (Å²) in [5, 5.41) is 0. The molecular weight excluding hydrogens is 222 g/mol. The van der Waals surface area contributed by atoms with E-state index in [1.54, 1.807) is 0 Å². The second-order valence-corrected chi connectivity index (χ2v) is 5.59. The lowest BCUT2D eigenvalue weighted by atomic mass is 9.88. The number of rotatable bonds is 6. The minimum absolute atomic E-state index is 0.182. The van der Waals surface area contributed by atoms with Crippen molar-refractivity contribution in [1.82, 2.24) is 0 Å². The predicted octanol–water partition coefficient (Wildman–Crippen LogP) is 3.57. The number of amides is 1. The molecule has 1 fully saturated rings. The first-order valence-electron chi connectivity index (χ1n) is 7.00. The predicted molar refractivity (Wildman–Crippen MR) is 74.4 cm³/mol. The lowest BCUT2D eigenvalue weighted by Gasteiger charge is -2.16. The molecule has 2 rings (SSSR count). The van der Waals surface area contributed by atoms with Crippen LogP contribution in [0.4, 0.5) is 0 Å². The van der Waals surface area contributed by atoms with Gasteiger partial charge in [-0.1, -0.05) is 38.1 Å². The molecule has 1 aliphatic rings. The largest absolute Gasteiger partial charge is 0.370 e. The van der Waals surface area contributed by atoms with Gasteiger partial charge in [0.1, 0.15) is 0 Å². The highest BCUT2D eigenvalue weighted by atomic mass is 16.1. The van der Waals surface area contributed by atoms with Gasteiger partial charge < -0.3 is 5.73 Å². The third-order valence-corrected chi connectivity index (χ3v) is 4.16. The van der Waals surface area contributed by atoms with Gasteiger partial charge in [-0.05, 0) is 48.1 Å². The summed E-state index contributed by atoms with van der Waals surface area (Å²) >= 11 is 0. The standard InChI is InChI=1S/C16H23NO/c1-3-11(2)12-4-6-13(7-5-12)15(10-16(17)18)14-8-9-14/h4-7,11,14-15H,3,8-10H2,1-2H3,(H2,17,18). The Balaban J connectivity index is 2.13. The van der Waals surface area contributed by atoms with Crippen LogP contribution in [0.1, 0.15) is 62.5 Å². The van der Waals surface area contributed by atoms with Gasteiger partial charge in [-0.2, -0.15) is 0 Å². The van der Waals surface area contributed by atoms with Crippen molar-refractivity contribution in [3.05, 3.63) is 35.4 Å². The smallest absolute Gasteiger partial charge is 0.218 e. The molecule has 0 radical (unpaired) electrons. The molecular formula is C16H23NO. The van der Waals surface area contributed by atoms with E-state index in [0.29, 0.717) is 24.2 Å². The molecule has 0 spiro atoms. The van der Waals surface area contributed by atoms with E-state index in [2.05, 4.69) is 38.1 Å². The Morgan fingerprint density at radius 2 is 1.83 bits per heavy atom. The average Bonchev–Trinajstić information content (AvgIpc) is 3.19. The third-order valence-electron chi connectivity index (χ3n) is 4.16. The molecule has 1 aliphatic carbocycles. The summed E-state index contributed by atoms with van der Waals surface area (Å²) in [5.74, 6) is 1.44. The van der Waals surface area contributed by atoms with Gasteiger partial charge in [-0.15, -0.1) is 0 Å². The van der Waals surface area contributed by atoms with E-state index in [-0.39, 0.29) is 5.91 Å². The zero-order valence-corrected chi connectivity index (χ0v) is 11.4. The highest BCUT2D eigenvalue weighted by Crippen LogP contribution is 2.44. The van der Waals surface area contributed by atoms with Crippen molar-refractivity contribution in [2.24, 2.45) is 11.7 Å². The fraction of sp³-hybridized carbons (Fsp3) is 0.562. The Bertz CT molecular complexity index is 406. The maximum atomic E-state index is 11.2. The van der Waals surface area contributed by atoms with Gasteiger partial charge in [0.05, 0.1) is 0 Å². The summed E-state index contributed by atoms with van der Waals surface area (Å²) < 4.78 is 0. The number of hydrogen-bond acceptors (Lipinski definition) is 1. The van der Waals surface area contributed by atoms with Gasteiger partial charge in [0.2, 0.25) is 5.91 Å². The highest BCUT2D eigenvalue weighted by molar-refractivity contribution is 5.74. The first-order valence-corrected chi connectivity index (χ1v) is 7.00. The van der Waals surface area contributed by atoms with Crippen LogP contribution in [0.2, 0.25) is 0 Å². The molecule has 1 aromatic rings. The molecule has 1 amide bonds. The van der Waals surface area contributed by atoms with Gasteiger partial charge in [0.25, 0.3) is 0 Å². The van der Waals surface area contributed by atoms with Gasteiger partial charge in [-0.25, -0.2) is 0 Å². The summed E-state index contributed by atoms with van der Waals surface area (Å²) in [7, 11) is 0. The molecule has 2 heteroatoms. The Kier molecular flexibility index (Phi) is 4.05. The van der Waals surface area contributed by atoms with Crippen molar-refractivity contribution in [3.63, 3.8) is 0 Å². The van der Waals surface area contributed by atoms with Crippen molar-refractivity contribution < 1.29 is 4.79 Å². The zero-order chi connectivity index (χ0) is 13.1. The molecule has 0 aliphatic heterocycles. The summed E-state index contributed by atoms with van der Waals surface area (Å²) in [4.78, 5) is 11.2. The van der Waals surface area contributed by atoms with Crippen LogP contribution in [0.25, 0.3) is 0 Å². The van der Waals surface area contributed by atoms with E-state index in [0.717, 1.165) is 6.42 Å². The van der Waals surface area contributed by atoms with E-state index in [1.807, 2.05) is 0 Å². The van der Waals surface area contributed by atoms with Gasteiger partial charge in [0.15, 0.2) is 0 Å². The van der Waals surface area contributed by atoms with Crippen LogP contribution in [0, 0.1) is 5.92 Å². The Labute approximate surface area is 110 Å². The molecule has 2 atom stereocenters. The van der Waals surface area contributed by atoms with Crippen molar-refractivity contribution in [2.45, 2.75) is 51.4 Å². The molecule has 0 saturated heterocycles. The number of nitrogens with two attached hydrogens (primary N) is 1. The minimum atomic E-state index is -0.182. The van der Waals surface area contributed by atoms with E-state index in [9.17, 15) is 4.79 Å². The fourth-order valence-corrected chi connectivity index (χ4v) is 2.58. The van der Waals surface area contributed by atoms with E-state index < -0.39 is 0 Å². The Morgan fingerprint density at radius 1 is 1.28 bits per heavy atom. The van der Waals surface area contributed by atoms with Crippen molar-refractivity contribution in [3.8, 4) is 0 Å². The van der Waals surface area contributed by atoms with Gasteiger partial charge >= 0.3 is 0 Å². The van der Waals surface area contributed by atoms with Gasteiger partial charge in [0, 0.05) is 6.42 Å². The maximum absolute atomic E-state index is 11.2. The van der Waals surface area contributed by atoms with Crippen molar-refractivity contribution in [2.75, 3.05) is 0 Å². The zero-order valence-electron chi connectivity index (χ0n) is 11.4. The van der Waals surface area contributed by atoms with E-state index in [4.69, 9.17) is 5.73 Å². The van der Waals surface area contributed by atoms with Crippen LogP contribution in [0.5, 0.6) is 0 Å². The summed E-state index contributed by atoms with van der Waals surface area (Å²) in [6.45, 7) is 4.45. The van der Waals surface area contributed by atoms with Crippen molar-refractivity contribution in [1.29, 1.82) is 0 Å². The molecule has 2 N–H and O–H groups in total. The first kappa shape index (κ1) is 13.1. The number of hydrogen-bond donors (Lipinski definition) is 1. The summed E-state index contributed by atoms with van der Waals surface area (Å²) in [6, 6.07) is 8.79. The number of carbonyl (C=O) groups is 1. The molecule has 0 bridgehead atoms. The topological polar surface area (TPSA) is 43.1 Å². The maximum Gasteiger partial charge on any atom is 0.218 e. The second-order valence-electron chi connectivity index (χ2n) is 5.59. The average molecular weight is 245 g/mol. The monoisotopic (exact) mass is 245 g/mol. The SMILES string of the molecule is CCC(C)c1ccc(C(CC(N)=O)C2CC2)cc1. The Morgan fingerprint density at radius 3 is 2.28 bits per heavy atom. The molecule has 1 aromatic carbocycles. The quantitative estimate of drug-likeness (QED) is 0.818. The molecule has 98 valence electrons. The molecule has 2 unspecified atom stereocenters. The Hall–Kier alpha value is -1.31. The van der Waals surface area contributed by atoms with Crippen LogP contribution < -0.4 is 5.73 Å². The number of primary amides is 1. The fourth-order valence-electron chi connectivity index (χ4n) is 2.58. The normalized spacial score (nSPS) is 18.3. The van der Waals surface area contributed by atoms with Crippen LogP contribution in [-0.2, 0) is 4.79 Å².